The summed E-state index contributed by atoms with van der Waals surface area (Å²) >= 11 is 12.2. The van der Waals surface area contributed by atoms with E-state index >= 15 is 0 Å². The number of nitrogens with zero attached hydrogens (tertiary/aromatic N) is 1. The molecule has 0 fully saturated rings. The summed E-state index contributed by atoms with van der Waals surface area (Å²) in [4.78, 5) is 25.5. The van der Waals surface area contributed by atoms with Gasteiger partial charge in [0.25, 0.3) is 15.9 Å². The number of sulfonamides is 1. The van der Waals surface area contributed by atoms with E-state index in [1.807, 2.05) is 6.92 Å². The first-order chi connectivity index (χ1) is 16.2. The van der Waals surface area contributed by atoms with E-state index < -0.39 is 22.5 Å². The number of anilines is 2. The summed E-state index contributed by atoms with van der Waals surface area (Å²) in [6, 6.07) is 18.5. The van der Waals surface area contributed by atoms with E-state index in [4.69, 9.17) is 23.2 Å². The molecule has 0 aliphatic rings. The van der Waals surface area contributed by atoms with Crippen LogP contribution in [0, 0.1) is 0 Å². The highest BCUT2D eigenvalue weighted by molar-refractivity contribution is 7.92. The second-order valence-corrected chi connectivity index (χ2v) is 10.0. The van der Waals surface area contributed by atoms with E-state index in [2.05, 4.69) is 10.6 Å². The van der Waals surface area contributed by atoms with Crippen LogP contribution in [0.15, 0.2) is 77.7 Å². The first kappa shape index (κ1) is 25.6. The van der Waals surface area contributed by atoms with Crippen LogP contribution in [0.25, 0.3) is 0 Å². The Hall–Kier alpha value is -3.07. The number of amides is 2. The number of hydrogen-bond donors (Lipinski definition) is 2. The highest BCUT2D eigenvalue weighted by Crippen LogP contribution is 2.29. The van der Waals surface area contributed by atoms with Crippen LogP contribution >= 0.6 is 23.2 Å². The lowest BCUT2D eigenvalue weighted by Crippen LogP contribution is -2.38. The topological polar surface area (TPSA) is 95.6 Å². The van der Waals surface area contributed by atoms with Crippen molar-refractivity contribution >= 4 is 56.4 Å². The van der Waals surface area contributed by atoms with Gasteiger partial charge in [0.05, 0.1) is 21.8 Å². The number of para-hydroxylation sites is 1. The normalized spacial score (nSPS) is 11.0. The second kappa shape index (κ2) is 11.4. The molecule has 0 aliphatic heterocycles. The van der Waals surface area contributed by atoms with Crippen molar-refractivity contribution in [2.24, 2.45) is 0 Å². The molecule has 0 spiro atoms. The molecule has 0 atom stereocenters. The van der Waals surface area contributed by atoms with Crippen molar-refractivity contribution in [1.82, 2.24) is 5.32 Å². The summed E-state index contributed by atoms with van der Waals surface area (Å²) in [5.41, 5.74) is 0.667. The van der Waals surface area contributed by atoms with Gasteiger partial charge in [0.2, 0.25) is 5.91 Å². The molecule has 0 radical (unpaired) electrons. The van der Waals surface area contributed by atoms with Crippen molar-refractivity contribution in [1.29, 1.82) is 0 Å². The van der Waals surface area contributed by atoms with E-state index in [1.54, 1.807) is 42.5 Å². The van der Waals surface area contributed by atoms with Crippen molar-refractivity contribution in [2.45, 2.75) is 18.2 Å². The molecule has 0 heterocycles. The fourth-order valence-electron chi connectivity index (χ4n) is 3.16. The molecule has 10 heteroatoms. The zero-order valence-electron chi connectivity index (χ0n) is 18.3. The maximum absolute atomic E-state index is 13.4. The van der Waals surface area contributed by atoms with Crippen LogP contribution in [-0.2, 0) is 14.8 Å². The molecular formula is C24H23Cl2N3O4S. The molecule has 3 aromatic rings. The number of halogens is 2. The molecule has 3 aromatic carbocycles. The molecule has 2 N–H and O–H groups in total. The van der Waals surface area contributed by atoms with Gasteiger partial charge >= 0.3 is 0 Å². The molecule has 0 aliphatic carbocycles. The van der Waals surface area contributed by atoms with Gasteiger partial charge < -0.3 is 10.6 Å². The van der Waals surface area contributed by atoms with Crippen molar-refractivity contribution < 1.29 is 18.0 Å². The Morgan fingerprint density at radius 1 is 0.912 bits per heavy atom. The summed E-state index contributed by atoms with van der Waals surface area (Å²) in [6.45, 7) is 1.84. The summed E-state index contributed by atoms with van der Waals surface area (Å²) in [5.74, 6) is -0.987. The Kier molecular flexibility index (Phi) is 8.55. The van der Waals surface area contributed by atoms with E-state index in [-0.39, 0.29) is 37.8 Å². The predicted molar refractivity (Wildman–Crippen MR) is 135 cm³/mol. The highest BCUT2D eigenvalue weighted by Gasteiger charge is 2.28. The van der Waals surface area contributed by atoms with E-state index in [0.29, 0.717) is 6.54 Å². The lowest BCUT2D eigenvalue weighted by Gasteiger charge is -2.24. The van der Waals surface area contributed by atoms with E-state index in [1.165, 1.54) is 30.3 Å². The number of rotatable bonds is 9. The van der Waals surface area contributed by atoms with Crippen LogP contribution in [0.4, 0.5) is 11.4 Å². The monoisotopic (exact) mass is 519 g/mol. The zero-order valence-corrected chi connectivity index (χ0v) is 20.6. The second-order valence-electron chi connectivity index (χ2n) is 7.30. The predicted octanol–water partition coefficient (Wildman–Crippen LogP) is 4.97. The number of benzene rings is 3. The van der Waals surface area contributed by atoms with Gasteiger partial charge in [-0.1, -0.05) is 60.5 Å². The quantitative estimate of drug-likeness (QED) is 0.417. The average molecular weight is 520 g/mol. The van der Waals surface area contributed by atoms with Gasteiger partial charge in [0, 0.05) is 16.6 Å². The van der Waals surface area contributed by atoms with Gasteiger partial charge in [0.1, 0.15) is 6.54 Å². The molecular weight excluding hydrogens is 497 g/mol. The summed E-state index contributed by atoms with van der Waals surface area (Å²) < 4.78 is 27.8. The average Bonchev–Trinajstić information content (AvgIpc) is 2.81. The number of carbonyl (C=O) groups excluding carboxylic acids is 2. The SMILES string of the molecule is CCCNC(=O)c1ccccc1NC(=O)CN(c1cc(Cl)cc(Cl)c1)S(=O)(=O)c1ccccc1. The van der Waals surface area contributed by atoms with Crippen molar-refractivity contribution in [3.8, 4) is 0 Å². The maximum atomic E-state index is 13.4. The van der Waals surface area contributed by atoms with E-state index in [9.17, 15) is 18.0 Å². The Balaban J connectivity index is 1.94. The van der Waals surface area contributed by atoms with E-state index in [0.717, 1.165) is 10.7 Å². The number of nitrogens with one attached hydrogen (secondary N) is 2. The number of hydrogen-bond acceptors (Lipinski definition) is 4. The molecule has 2 amide bonds. The van der Waals surface area contributed by atoms with Crippen LogP contribution < -0.4 is 14.9 Å². The minimum absolute atomic E-state index is 0.00163. The third-order valence-electron chi connectivity index (χ3n) is 4.74. The van der Waals surface area contributed by atoms with Gasteiger partial charge in [-0.15, -0.1) is 0 Å². The van der Waals surface area contributed by atoms with Gasteiger partial charge in [-0.25, -0.2) is 8.42 Å². The van der Waals surface area contributed by atoms with Crippen LogP contribution in [0.3, 0.4) is 0 Å². The lowest BCUT2D eigenvalue weighted by molar-refractivity contribution is -0.114. The minimum atomic E-state index is -4.14. The third kappa shape index (κ3) is 6.28. The zero-order chi connectivity index (χ0) is 24.7. The van der Waals surface area contributed by atoms with Gasteiger partial charge in [-0.3, -0.25) is 13.9 Å². The molecule has 178 valence electrons. The van der Waals surface area contributed by atoms with Crippen LogP contribution in [0.1, 0.15) is 23.7 Å². The van der Waals surface area contributed by atoms with Crippen molar-refractivity contribution in [3.05, 3.63) is 88.4 Å². The van der Waals surface area contributed by atoms with Crippen LogP contribution in [-0.4, -0.2) is 33.3 Å². The minimum Gasteiger partial charge on any atom is -0.352 e. The van der Waals surface area contributed by atoms with Gasteiger partial charge in [-0.2, -0.15) is 0 Å². The Labute approximate surface area is 208 Å². The van der Waals surface area contributed by atoms with Gasteiger partial charge in [0.15, 0.2) is 0 Å². The molecule has 0 saturated heterocycles. The molecule has 34 heavy (non-hydrogen) atoms. The van der Waals surface area contributed by atoms with Crippen molar-refractivity contribution in [2.75, 3.05) is 22.7 Å². The first-order valence-corrected chi connectivity index (χ1v) is 12.6. The fourth-order valence-corrected chi connectivity index (χ4v) is 5.10. The summed E-state index contributed by atoms with van der Waals surface area (Å²) in [7, 11) is -4.14. The highest BCUT2D eigenvalue weighted by atomic mass is 35.5. The molecule has 7 nitrogen and oxygen atoms in total. The smallest absolute Gasteiger partial charge is 0.264 e. The fraction of sp³-hybridized carbons (Fsp3) is 0.167. The Bertz CT molecular complexity index is 1260. The molecule has 0 bridgehead atoms. The first-order valence-electron chi connectivity index (χ1n) is 10.4. The number of carbonyl (C=O) groups is 2. The summed E-state index contributed by atoms with van der Waals surface area (Å²) in [6.07, 6.45) is 0.759. The van der Waals surface area contributed by atoms with Gasteiger partial charge in [-0.05, 0) is 48.9 Å². The molecule has 0 unspecified atom stereocenters. The van der Waals surface area contributed by atoms with Crippen molar-refractivity contribution in [3.63, 3.8) is 0 Å². The van der Waals surface area contributed by atoms with Crippen LogP contribution in [0.2, 0.25) is 10.0 Å². The third-order valence-corrected chi connectivity index (χ3v) is 6.96. The Morgan fingerprint density at radius 3 is 2.18 bits per heavy atom. The lowest BCUT2D eigenvalue weighted by atomic mass is 10.1. The molecule has 0 saturated carbocycles. The standard InChI is InChI=1S/C24H23Cl2N3O4S/c1-2-12-27-24(31)21-10-6-7-11-22(21)28-23(30)16-29(19-14-17(25)13-18(26)15-19)34(32,33)20-8-4-3-5-9-20/h3-11,13-15H,2,12,16H2,1H3,(H,27,31)(H,28,30). The largest absolute Gasteiger partial charge is 0.352 e. The summed E-state index contributed by atoms with van der Waals surface area (Å²) in [5, 5.41) is 5.84. The maximum Gasteiger partial charge on any atom is 0.264 e. The molecule has 0 aromatic heterocycles. The van der Waals surface area contributed by atoms with Crippen LogP contribution in [0.5, 0.6) is 0 Å². The Morgan fingerprint density at radius 2 is 1.53 bits per heavy atom. The molecule has 3 rings (SSSR count).